The zero-order chi connectivity index (χ0) is 12.2. The van der Waals surface area contributed by atoms with Gasteiger partial charge in [-0.1, -0.05) is 23.8 Å². The Balaban J connectivity index is 2.98. The second-order valence-corrected chi connectivity index (χ2v) is 3.93. The van der Waals surface area contributed by atoms with E-state index in [2.05, 4.69) is 31.5 Å². The summed E-state index contributed by atoms with van der Waals surface area (Å²) in [6.07, 6.45) is 5.80. The maximum Gasteiger partial charge on any atom is 0.196 e. The van der Waals surface area contributed by atoms with Crippen molar-refractivity contribution in [2.45, 2.75) is 18.8 Å². The Bertz CT molecular complexity index is 292. The minimum Gasteiger partial charge on any atom is -0.351 e. The van der Waals surface area contributed by atoms with Gasteiger partial charge in [-0.15, -0.1) is 13.2 Å². The Morgan fingerprint density at radius 1 is 1.44 bits per heavy atom. The molecule has 1 N–H and O–H groups in total. The van der Waals surface area contributed by atoms with Gasteiger partial charge in [0, 0.05) is 20.8 Å². The highest BCUT2D eigenvalue weighted by atomic mass is 16.7. The summed E-state index contributed by atoms with van der Waals surface area (Å²) < 4.78 is 11.2. The molecule has 0 aromatic rings. The van der Waals surface area contributed by atoms with E-state index in [9.17, 15) is 0 Å². The predicted octanol–water partition coefficient (Wildman–Crippen LogP) is 1.88. The van der Waals surface area contributed by atoms with Crippen LogP contribution in [0.1, 0.15) is 6.92 Å². The Labute approximate surface area is 97.8 Å². The predicted molar refractivity (Wildman–Crippen MR) is 66.2 cm³/mol. The molecule has 0 unspecified atom stereocenters. The second-order valence-electron chi connectivity index (χ2n) is 3.93. The lowest BCUT2D eigenvalue weighted by Crippen LogP contribution is -2.54. The molecule has 0 amide bonds. The molecule has 0 saturated heterocycles. The van der Waals surface area contributed by atoms with Crippen LogP contribution in [0, 0.1) is 5.92 Å². The van der Waals surface area contributed by atoms with Crippen molar-refractivity contribution in [2.24, 2.45) is 5.92 Å². The van der Waals surface area contributed by atoms with Crippen LogP contribution in [-0.4, -0.2) is 32.6 Å². The van der Waals surface area contributed by atoms with E-state index in [1.165, 1.54) is 5.57 Å². The van der Waals surface area contributed by atoms with Gasteiger partial charge in [-0.2, -0.15) is 0 Å². The smallest absolute Gasteiger partial charge is 0.196 e. The lowest BCUT2D eigenvalue weighted by molar-refractivity contribution is -0.227. The van der Waals surface area contributed by atoms with Crippen LogP contribution in [0.3, 0.4) is 0 Å². The third-order valence-electron chi connectivity index (χ3n) is 3.12. The first-order chi connectivity index (χ1) is 7.66. The minimum atomic E-state index is -0.686. The van der Waals surface area contributed by atoms with Gasteiger partial charge in [-0.3, -0.25) is 0 Å². The molecule has 2 atom stereocenters. The first-order valence-corrected chi connectivity index (χ1v) is 5.41. The van der Waals surface area contributed by atoms with Crippen molar-refractivity contribution in [2.75, 3.05) is 20.8 Å². The Morgan fingerprint density at radius 2 is 2.06 bits per heavy atom. The Hall–Kier alpha value is -0.900. The van der Waals surface area contributed by atoms with Gasteiger partial charge < -0.3 is 14.8 Å². The van der Waals surface area contributed by atoms with E-state index in [0.29, 0.717) is 6.54 Å². The molecule has 3 heteroatoms. The van der Waals surface area contributed by atoms with Crippen LogP contribution in [0.4, 0.5) is 0 Å². The maximum absolute atomic E-state index is 5.59. The maximum atomic E-state index is 5.59. The van der Waals surface area contributed by atoms with Gasteiger partial charge >= 0.3 is 0 Å². The molecule has 1 aliphatic carbocycles. The first-order valence-electron chi connectivity index (χ1n) is 5.41. The number of rotatable bonds is 6. The van der Waals surface area contributed by atoms with E-state index in [1.54, 1.807) is 14.2 Å². The van der Waals surface area contributed by atoms with Gasteiger partial charge in [-0.05, 0) is 6.92 Å². The van der Waals surface area contributed by atoms with E-state index < -0.39 is 5.79 Å². The normalized spacial score (nSPS) is 27.6. The van der Waals surface area contributed by atoms with Crippen molar-refractivity contribution in [3.05, 3.63) is 37.0 Å². The first kappa shape index (κ1) is 13.2. The zero-order valence-corrected chi connectivity index (χ0v) is 10.3. The fourth-order valence-electron chi connectivity index (χ4n) is 2.33. The summed E-state index contributed by atoms with van der Waals surface area (Å²) >= 11 is 0. The summed E-state index contributed by atoms with van der Waals surface area (Å²) in [5.41, 5.74) is 1.20. The van der Waals surface area contributed by atoms with Gasteiger partial charge in [0.05, 0.1) is 12.0 Å². The van der Waals surface area contributed by atoms with Crippen LogP contribution in [0.2, 0.25) is 0 Å². The SMILES string of the molecule is C=CCN[C@H]1C(C)=C[C@H](C=C)C1(OC)OC. The topological polar surface area (TPSA) is 30.5 Å². The number of hydrogen-bond donors (Lipinski definition) is 1. The summed E-state index contributed by atoms with van der Waals surface area (Å²) in [6.45, 7) is 10.3. The summed E-state index contributed by atoms with van der Waals surface area (Å²) in [5, 5.41) is 3.35. The van der Waals surface area contributed by atoms with Crippen LogP contribution in [0.15, 0.2) is 37.0 Å². The van der Waals surface area contributed by atoms with Crippen LogP contribution in [0.25, 0.3) is 0 Å². The third-order valence-corrected chi connectivity index (χ3v) is 3.12. The fraction of sp³-hybridized carbons (Fsp3) is 0.538. The molecule has 1 aliphatic rings. The van der Waals surface area contributed by atoms with Crippen LogP contribution < -0.4 is 5.32 Å². The molecular formula is C13H21NO2. The van der Waals surface area contributed by atoms with Crippen molar-refractivity contribution in [1.82, 2.24) is 5.32 Å². The summed E-state index contributed by atoms with van der Waals surface area (Å²) in [5.74, 6) is -0.626. The van der Waals surface area contributed by atoms with Crippen LogP contribution in [-0.2, 0) is 9.47 Å². The zero-order valence-electron chi connectivity index (χ0n) is 10.3. The summed E-state index contributed by atoms with van der Waals surface area (Å²) in [4.78, 5) is 0. The molecule has 16 heavy (non-hydrogen) atoms. The molecule has 3 nitrogen and oxygen atoms in total. The molecule has 0 aliphatic heterocycles. The third kappa shape index (κ3) is 1.98. The Kier molecular flexibility index (Phi) is 4.47. The lowest BCUT2D eigenvalue weighted by Gasteiger charge is -2.37. The quantitative estimate of drug-likeness (QED) is 0.551. The monoisotopic (exact) mass is 223 g/mol. The molecule has 90 valence electrons. The number of methoxy groups -OCH3 is 2. The average Bonchev–Trinajstić information content (AvgIpc) is 2.59. The molecule has 0 bridgehead atoms. The van der Waals surface area contributed by atoms with E-state index in [4.69, 9.17) is 9.47 Å². The second kappa shape index (κ2) is 5.43. The highest BCUT2D eigenvalue weighted by molar-refractivity contribution is 5.28. The average molecular weight is 223 g/mol. The highest BCUT2D eigenvalue weighted by Crippen LogP contribution is 2.38. The minimum absolute atomic E-state index is 0.0310. The largest absolute Gasteiger partial charge is 0.351 e. The van der Waals surface area contributed by atoms with E-state index in [-0.39, 0.29) is 12.0 Å². The van der Waals surface area contributed by atoms with Gasteiger partial charge in [0.1, 0.15) is 0 Å². The van der Waals surface area contributed by atoms with E-state index in [1.807, 2.05) is 12.2 Å². The molecule has 0 fully saturated rings. The molecule has 0 radical (unpaired) electrons. The summed E-state index contributed by atoms with van der Waals surface area (Å²) in [6, 6.07) is 0.0310. The van der Waals surface area contributed by atoms with Crippen molar-refractivity contribution in [3.63, 3.8) is 0 Å². The number of ether oxygens (including phenoxy) is 2. The van der Waals surface area contributed by atoms with E-state index >= 15 is 0 Å². The van der Waals surface area contributed by atoms with Crippen molar-refractivity contribution in [3.8, 4) is 0 Å². The highest BCUT2D eigenvalue weighted by Gasteiger charge is 2.49. The standard InChI is InChI=1S/C13H21NO2/c1-6-8-14-12-10(3)9-11(7-2)13(12,15-4)16-5/h6-7,9,11-12,14H,1-2,8H2,3-5H3/t11-,12-/m0/s1. The lowest BCUT2D eigenvalue weighted by atomic mass is 9.98. The van der Waals surface area contributed by atoms with Gasteiger partial charge in [0.15, 0.2) is 5.79 Å². The number of hydrogen-bond acceptors (Lipinski definition) is 3. The molecule has 0 aromatic heterocycles. The molecule has 0 saturated carbocycles. The van der Waals surface area contributed by atoms with Gasteiger partial charge in [0.25, 0.3) is 0 Å². The molecule has 0 aromatic carbocycles. The van der Waals surface area contributed by atoms with Crippen LogP contribution in [0.5, 0.6) is 0 Å². The molecule has 0 spiro atoms. The number of nitrogens with one attached hydrogen (secondary N) is 1. The van der Waals surface area contributed by atoms with Crippen LogP contribution >= 0.6 is 0 Å². The fourth-order valence-corrected chi connectivity index (χ4v) is 2.33. The Morgan fingerprint density at radius 3 is 2.50 bits per heavy atom. The van der Waals surface area contributed by atoms with Gasteiger partial charge in [0.2, 0.25) is 0 Å². The van der Waals surface area contributed by atoms with Crippen molar-refractivity contribution in [1.29, 1.82) is 0 Å². The molecule has 0 heterocycles. The van der Waals surface area contributed by atoms with E-state index in [0.717, 1.165) is 0 Å². The molecule has 1 rings (SSSR count). The molecular weight excluding hydrogens is 202 g/mol. The van der Waals surface area contributed by atoms with Crippen molar-refractivity contribution >= 4 is 0 Å². The van der Waals surface area contributed by atoms with Gasteiger partial charge in [-0.25, -0.2) is 0 Å². The summed E-state index contributed by atoms with van der Waals surface area (Å²) in [7, 11) is 3.32. The van der Waals surface area contributed by atoms with Crippen molar-refractivity contribution < 1.29 is 9.47 Å².